The van der Waals surface area contributed by atoms with E-state index in [-0.39, 0.29) is 24.1 Å². The first-order valence-electron chi connectivity index (χ1n) is 7.42. The molecule has 1 aromatic carbocycles. The van der Waals surface area contributed by atoms with Crippen LogP contribution in [0.4, 0.5) is 5.69 Å². The Morgan fingerprint density at radius 1 is 1.36 bits per heavy atom. The molecule has 22 heavy (non-hydrogen) atoms. The van der Waals surface area contributed by atoms with E-state index in [4.69, 9.17) is 5.73 Å². The van der Waals surface area contributed by atoms with Gasteiger partial charge in [-0.3, -0.25) is 14.5 Å². The van der Waals surface area contributed by atoms with Gasteiger partial charge < -0.3 is 11.1 Å². The molecule has 1 saturated heterocycles. The van der Waals surface area contributed by atoms with Crippen molar-refractivity contribution in [3.05, 3.63) is 29.8 Å². The number of nitrogens with one attached hydrogen (secondary N) is 1. The summed E-state index contributed by atoms with van der Waals surface area (Å²) in [4.78, 5) is 25.8. The van der Waals surface area contributed by atoms with E-state index in [0.29, 0.717) is 30.3 Å². The van der Waals surface area contributed by atoms with Crippen molar-refractivity contribution in [2.75, 3.05) is 31.5 Å². The highest BCUT2D eigenvalue weighted by Gasteiger charge is 2.21. The van der Waals surface area contributed by atoms with Crippen LogP contribution in [0.1, 0.15) is 30.1 Å². The number of likely N-dealkylation sites (tertiary alicyclic amines) is 1. The number of ketones is 1. The van der Waals surface area contributed by atoms with Crippen molar-refractivity contribution >= 4 is 29.8 Å². The zero-order valence-corrected chi connectivity index (χ0v) is 13.7. The number of hydrogen-bond donors (Lipinski definition) is 2. The zero-order chi connectivity index (χ0) is 15.2. The van der Waals surface area contributed by atoms with Crippen molar-refractivity contribution in [2.24, 2.45) is 11.7 Å². The third kappa shape index (κ3) is 5.09. The molecule has 1 aromatic rings. The van der Waals surface area contributed by atoms with Crippen LogP contribution in [0.5, 0.6) is 0 Å². The van der Waals surface area contributed by atoms with Gasteiger partial charge in [0.25, 0.3) is 0 Å². The Balaban J connectivity index is 0.00000242. The SMILES string of the molecule is CC(=O)c1ccccc1NC(=O)CN1CCCC(CN)C1.Cl. The Hall–Kier alpha value is -1.43. The van der Waals surface area contributed by atoms with Gasteiger partial charge in [-0.15, -0.1) is 12.4 Å². The predicted molar refractivity (Wildman–Crippen MR) is 90.5 cm³/mol. The first-order valence-corrected chi connectivity index (χ1v) is 7.42. The summed E-state index contributed by atoms with van der Waals surface area (Å²) in [5, 5.41) is 2.84. The van der Waals surface area contributed by atoms with Crippen molar-refractivity contribution in [1.29, 1.82) is 0 Å². The molecule has 1 aliphatic heterocycles. The summed E-state index contributed by atoms with van der Waals surface area (Å²) in [6.45, 7) is 4.33. The molecule has 0 spiro atoms. The third-order valence-electron chi connectivity index (χ3n) is 3.88. The highest BCUT2D eigenvalue weighted by molar-refractivity contribution is 6.04. The molecule has 1 unspecified atom stereocenters. The lowest BCUT2D eigenvalue weighted by molar-refractivity contribution is -0.117. The molecule has 1 heterocycles. The third-order valence-corrected chi connectivity index (χ3v) is 3.88. The lowest BCUT2D eigenvalue weighted by atomic mass is 9.98. The van der Waals surface area contributed by atoms with Gasteiger partial charge in [-0.05, 0) is 50.9 Å². The number of carbonyl (C=O) groups excluding carboxylic acids is 2. The second kappa shape index (κ2) is 8.88. The maximum atomic E-state index is 12.2. The molecule has 1 atom stereocenters. The fraction of sp³-hybridized carbons (Fsp3) is 0.500. The van der Waals surface area contributed by atoms with Gasteiger partial charge in [-0.1, -0.05) is 12.1 Å². The smallest absolute Gasteiger partial charge is 0.238 e. The molecule has 5 nitrogen and oxygen atoms in total. The van der Waals surface area contributed by atoms with Crippen LogP contribution in [0.15, 0.2) is 24.3 Å². The Kier molecular flexibility index (Phi) is 7.51. The largest absolute Gasteiger partial charge is 0.330 e. The van der Waals surface area contributed by atoms with E-state index < -0.39 is 0 Å². The van der Waals surface area contributed by atoms with E-state index >= 15 is 0 Å². The number of benzene rings is 1. The van der Waals surface area contributed by atoms with E-state index in [1.54, 1.807) is 18.2 Å². The molecular weight excluding hydrogens is 302 g/mol. The van der Waals surface area contributed by atoms with Gasteiger partial charge in [0.1, 0.15) is 0 Å². The zero-order valence-electron chi connectivity index (χ0n) is 12.9. The number of Topliss-reactive ketones (excluding diaryl/α,β-unsaturated/α-hetero) is 1. The highest BCUT2D eigenvalue weighted by Crippen LogP contribution is 2.17. The average molecular weight is 326 g/mol. The van der Waals surface area contributed by atoms with Crippen LogP contribution in [0, 0.1) is 5.92 Å². The molecule has 3 N–H and O–H groups in total. The van der Waals surface area contributed by atoms with Gasteiger partial charge in [0, 0.05) is 12.1 Å². The van der Waals surface area contributed by atoms with E-state index in [0.717, 1.165) is 25.9 Å². The van der Waals surface area contributed by atoms with Gasteiger partial charge >= 0.3 is 0 Å². The summed E-state index contributed by atoms with van der Waals surface area (Å²) >= 11 is 0. The number of para-hydroxylation sites is 1. The van der Waals surface area contributed by atoms with E-state index in [1.165, 1.54) is 6.92 Å². The van der Waals surface area contributed by atoms with E-state index in [1.807, 2.05) is 6.07 Å². The lowest BCUT2D eigenvalue weighted by Crippen LogP contribution is -2.42. The number of rotatable bonds is 5. The van der Waals surface area contributed by atoms with Crippen molar-refractivity contribution in [3.63, 3.8) is 0 Å². The Morgan fingerprint density at radius 2 is 2.09 bits per heavy atom. The Labute approximate surface area is 137 Å². The second-order valence-electron chi connectivity index (χ2n) is 5.63. The van der Waals surface area contributed by atoms with Crippen LogP contribution >= 0.6 is 12.4 Å². The molecule has 0 bridgehead atoms. The van der Waals surface area contributed by atoms with Crippen LogP contribution in [0.2, 0.25) is 0 Å². The minimum absolute atomic E-state index is 0. The first-order chi connectivity index (χ1) is 10.1. The summed E-state index contributed by atoms with van der Waals surface area (Å²) in [5.74, 6) is 0.351. The number of nitrogens with zero attached hydrogens (tertiary/aromatic N) is 1. The topological polar surface area (TPSA) is 75.4 Å². The average Bonchev–Trinajstić information content (AvgIpc) is 2.47. The van der Waals surface area contributed by atoms with Crippen LogP contribution in [0.3, 0.4) is 0 Å². The molecule has 1 aliphatic rings. The van der Waals surface area contributed by atoms with E-state index in [2.05, 4.69) is 10.2 Å². The van der Waals surface area contributed by atoms with Gasteiger partial charge in [0.15, 0.2) is 5.78 Å². The van der Waals surface area contributed by atoms with Crippen molar-refractivity contribution in [2.45, 2.75) is 19.8 Å². The monoisotopic (exact) mass is 325 g/mol. The number of piperidine rings is 1. The summed E-state index contributed by atoms with van der Waals surface area (Å²) in [6, 6.07) is 7.09. The molecule has 122 valence electrons. The van der Waals surface area contributed by atoms with E-state index in [9.17, 15) is 9.59 Å². The molecule has 0 aromatic heterocycles. The number of amides is 1. The fourth-order valence-electron chi connectivity index (χ4n) is 2.78. The summed E-state index contributed by atoms with van der Waals surface area (Å²) in [5.41, 5.74) is 6.84. The highest BCUT2D eigenvalue weighted by atomic mass is 35.5. The van der Waals surface area contributed by atoms with Crippen molar-refractivity contribution in [3.8, 4) is 0 Å². The van der Waals surface area contributed by atoms with Gasteiger partial charge in [0.2, 0.25) is 5.91 Å². The Bertz CT molecular complexity index is 522. The van der Waals surface area contributed by atoms with Gasteiger partial charge in [0.05, 0.1) is 12.2 Å². The minimum Gasteiger partial charge on any atom is -0.330 e. The maximum Gasteiger partial charge on any atom is 0.238 e. The first kappa shape index (κ1) is 18.6. The molecule has 0 aliphatic carbocycles. The van der Waals surface area contributed by atoms with Crippen molar-refractivity contribution < 1.29 is 9.59 Å². The quantitative estimate of drug-likeness (QED) is 0.811. The van der Waals surface area contributed by atoms with Crippen LogP contribution in [-0.2, 0) is 4.79 Å². The van der Waals surface area contributed by atoms with Crippen LogP contribution in [0.25, 0.3) is 0 Å². The maximum absolute atomic E-state index is 12.2. The molecular formula is C16H24ClN3O2. The normalized spacial score (nSPS) is 18.4. The number of nitrogens with two attached hydrogens (primary N) is 1. The number of carbonyl (C=O) groups is 2. The molecule has 6 heteroatoms. The fourth-order valence-corrected chi connectivity index (χ4v) is 2.78. The standard InChI is InChI=1S/C16H23N3O2.ClH/c1-12(20)14-6-2-3-7-15(14)18-16(21)11-19-8-4-5-13(9-17)10-19;/h2-3,6-7,13H,4-5,8-11,17H2,1H3,(H,18,21);1H. The predicted octanol–water partition coefficient (Wildman–Crippen LogP) is 1.92. The van der Waals surface area contributed by atoms with Gasteiger partial charge in [-0.25, -0.2) is 0 Å². The summed E-state index contributed by atoms with van der Waals surface area (Å²) in [7, 11) is 0. The molecule has 0 radical (unpaired) electrons. The van der Waals surface area contributed by atoms with Crippen molar-refractivity contribution in [1.82, 2.24) is 4.90 Å². The molecule has 1 fully saturated rings. The molecule has 1 amide bonds. The van der Waals surface area contributed by atoms with Crippen LogP contribution < -0.4 is 11.1 Å². The summed E-state index contributed by atoms with van der Waals surface area (Å²) < 4.78 is 0. The van der Waals surface area contributed by atoms with Gasteiger partial charge in [-0.2, -0.15) is 0 Å². The Morgan fingerprint density at radius 3 is 2.77 bits per heavy atom. The second-order valence-corrected chi connectivity index (χ2v) is 5.63. The minimum atomic E-state index is -0.0821. The van der Waals surface area contributed by atoms with Crippen LogP contribution in [-0.4, -0.2) is 42.8 Å². The number of halogens is 1. The molecule has 2 rings (SSSR count). The lowest BCUT2D eigenvalue weighted by Gasteiger charge is -2.31. The molecule has 0 saturated carbocycles. The number of anilines is 1. The number of hydrogen-bond acceptors (Lipinski definition) is 4. The summed E-state index contributed by atoms with van der Waals surface area (Å²) in [6.07, 6.45) is 2.22.